The van der Waals surface area contributed by atoms with Crippen molar-refractivity contribution in [3.05, 3.63) is 57.4 Å². The summed E-state index contributed by atoms with van der Waals surface area (Å²) in [5.74, 6) is 0. The Morgan fingerprint density at radius 2 is 1.81 bits per heavy atom. The van der Waals surface area contributed by atoms with Crippen LogP contribution in [0.5, 0.6) is 0 Å². The number of pyridine rings is 1. The van der Waals surface area contributed by atoms with Gasteiger partial charge in [0.25, 0.3) is 10.8 Å². The first-order chi connectivity index (χ1) is 10.1. The van der Waals surface area contributed by atoms with Crippen molar-refractivity contribution in [1.29, 1.82) is 0 Å². The largest absolute Gasteiger partial charge is 0.311 e. The van der Waals surface area contributed by atoms with E-state index in [4.69, 9.17) is 11.6 Å². The highest BCUT2D eigenvalue weighted by atomic mass is 35.5. The van der Waals surface area contributed by atoms with Gasteiger partial charge in [-0.25, -0.2) is 0 Å². The Bertz CT molecular complexity index is 777. The summed E-state index contributed by atoms with van der Waals surface area (Å²) < 4.78 is 1.49. The lowest BCUT2D eigenvalue weighted by atomic mass is 9.90. The molecule has 2 aromatic rings. The number of hydrogen-bond donors (Lipinski definition) is 0. The van der Waals surface area contributed by atoms with Gasteiger partial charge in [0.15, 0.2) is 0 Å². The Kier molecular flexibility index (Phi) is 3.68. The molecule has 4 heteroatoms. The van der Waals surface area contributed by atoms with Crippen molar-refractivity contribution in [2.24, 2.45) is 7.05 Å². The minimum absolute atomic E-state index is 0.0147. The zero-order valence-corrected chi connectivity index (χ0v) is 12.6. The van der Waals surface area contributed by atoms with Crippen molar-refractivity contribution < 1.29 is 4.79 Å². The average molecular weight is 302 g/mol. The first-order valence-electron chi connectivity index (χ1n) is 7.10. The first-order valence-corrected chi connectivity index (χ1v) is 7.48. The van der Waals surface area contributed by atoms with Crippen LogP contribution in [0, 0.1) is 0 Å². The van der Waals surface area contributed by atoms with Gasteiger partial charge in [-0.05, 0) is 72.2 Å². The molecule has 0 saturated carbocycles. The summed E-state index contributed by atoms with van der Waals surface area (Å²) in [6.45, 7) is 0. The van der Waals surface area contributed by atoms with Crippen LogP contribution in [0.25, 0.3) is 11.3 Å². The first kappa shape index (κ1) is 14.1. The molecule has 21 heavy (non-hydrogen) atoms. The summed E-state index contributed by atoms with van der Waals surface area (Å²) in [6.07, 6.45) is 4.69. The Labute approximate surface area is 128 Å². The molecule has 1 aromatic heterocycles. The fourth-order valence-corrected chi connectivity index (χ4v) is 3.11. The summed E-state index contributed by atoms with van der Waals surface area (Å²) in [4.78, 5) is 23.4. The van der Waals surface area contributed by atoms with E-state index >= 15 is 0 Å². The maximum Gasteiger partial charge on any atom is 0.262 e. The van der Waals surface area contributed by atoms with Crippen molar-refractivity contribution in [3.63, 3.8) is 0 Å². The van der Waals surface area contributed by atoms with E-state index in [9.17, 15) is 9.59 Å². The monoisotopic (exact) mass is 301 g/mol. The fraction of sp³-hybridized carbons (Fsp3) is 0.294. The van der Waals surface area contributed by atoms with Gasteiger partial charge in [-0.15, -0.1) is 0 Å². The van der Waals surface area contributed by atoms with Crippen molar-refractivity contribution >= 4 is 16.8 Å². The molecular weight excluding hydrogens is 286 g/mol. The molecule has 0 N–H and O–H groups in total. The third-order valence-corrected chi connectivity index (χ3v) is 4.36. The average Bonchev–Trinajstić information content (AvgIpc) is 2.49. The van der Waals surface area contributed by atoms with Crippen LogP contribution in [0.1, 0.15) is 34.3 Å². The van der Waals surface area contributed by atoms with E-state index < -0.39 is 5.24 Å². The van der Waals surface area contributed by atoms with Gasteiger partial charge in [-0.3, -0.25) is 9.59 Å². The molecule has 1 heterocycles. The van der Waals surface area contributed by atoms with Gasteiger partial charge in [0.05, 0.1) is 11.3 Å². The lowest BCUT2D eigenvalue weighted by Crippen LogP contribution is -2.23. The van der Waals surface area contributed by atoms with E-state index in [1.807, 2.05) is 6.07 Å². The van der Waals surface area contributed by atoms with Crippen molar-refractivity contribution in [1.82, 2.24) is 4.57 Å². The molecule has 108 valence electrons. The molecule has 0 bridgehead atoms. The highest BCUT2D eigenvalue weighted by molar-refractivity contribution is 6.67. The summed E-state index contributed by atoms with van der Waals surface area (Å²) in [5, 5.41) is -0.715. The van der Waals surface area contributed by atoms with Gasteiger partial charge in [0.1, 0.15) is 0 Å². The molecule has 0 spiro atoms. The van der Waals surface area contributed by atoms with E-state index in [1.165, 1.54) is 34.6 Å². The summed E-state index contributed by atoms with van der Waals surface area (Å²) in [6, 6.07) is 9.63. The van der Waals surface area contributed by atoms with Gasteiger partial charge in [-0.1, -0.05) is 12.1 Å². The number of halogens is 1. The van der Waals surface area contributed by atoms with Gasteiger partial charge in [-0.2, -0.15) is 0 Å². The number of aryl methyl sites for hydroxylation is 2. The van der Waals surface area contributed by atoms with Crippen molar-refractivity contribution in [2.75, 3.05) is 0 Å². The lowest BCUT2D eigenvalue weighted by molar-refractivity contribution is 0.107. The van der Waals surface area contributed by atoms with Gasteiger partial charge < -0.3 is 4.57 Å². The molecule has 0 unspecified atom stereocenters. The molecule has 0 radical (unpaired) electrons. The molecule has 0 amide bonds. The number of rotatable bonds is 2. The SMILES string of the molecule is Cn1c(-c2ccc3c(c2)CCCC3)ccc(C(=O)Cl)c1=O. The zero-order valence-electron chi connectivity index (χ0n) is 11.9. The summed E-state index contributed by atoms with van der Waals surface area (Å²) >= 11 is 5.42. The van der Waals surface area contributed by atoms with Gasteiger partial charge >= 0.3 is 0 Å². The molecule has 0 fully saturated rings. The second kappa shape index (κ2) is 5.49. The minimum atomic E-state index is -0.715. The van der Waals surface area contributed by atoms with Crippen LogP contribution >= 0.6 is 11.6 Å². The summed E-state index contributed by atoms with van der Waals surface area (Å²) in [5.41, 5.74) is 4.23. The van der Waals surface area contributed by atoms with Crippen molar-refractivity contribution in [2.45, 2.75) is 25.7 Å². The predicted octanol–water partition coefficient (Wildman–Crippen LogP) is 3.31. The maximum atomic E-state index is 12.2. The molecule has 1 aliphatic rings. The number of carbonyl (C=O) groups is 1. The molecule has 1 aromatic carbocycles. The van der Waals surface area contributed by atoms with Crippen LogP contribution in [0.15, 0.2) is 35.1 Å². The highest BCUT2D eigenvalue weighted by Gasteiger charge is 2.14. The summed E-state index contributed by atoms with van der Waals surface area (Å²) in [7, 11) is 1.67. The third-order valence-electron chi connectivity index (χ3n) is 4.16. The van der Waals surface area contributed by atoms with E-state index in [-0.39, 0.29) is 11.1 Å². The Morgan fingerprint density at radius 1 is 1.10 bits per heavy atom. The molecular formula is C17H16ClNO2. The Morgan fingerprint density at radius 3 is 2.52 bits per heavy atom. The van der Waals surface area contributed by atoms with E-state index in [0.29, 0.717) is 0 Å². The molecule has 3 rings (SSSR count). The van der Waals surface area contributed by atoms with Gasteiger partial charge in [0, 0.05) is 7.05 Å². The standard InChI is InChI=1S/C17H16ClNO2/c1-19-15(9-8-14(16(18)20)17(19)21)13-7-6-11-4-2-3-5-12(11)10-13/h6-10H,2-5H2,1H3. The minimum Gasteiger partial charge on any atom is -0.311 e. The number of hydrogen-bond acceptors (Lipinski definition) is 2. The Hall–Kier alpha value is -1.87. The van der Waals surface area contributed by atoms with Gasteiger partial charge in [0.2, 0.25) is 0 Å². The zero-order chi connectivity index (χ0) is 15.0. The maximum absolute atomic E-state index is 12.2. The number of carbonyl (C=O) groups excluding carboxylic acids is 1. The number of nitrogens with zero attached hydrogens (tertiary/aromatic N) is 1. The predicted molar refractivity (Wildman–Crippen MR) is 83.9 cm³/mol. The van der Waals surface area contributed by atoms with E-state index in [2.05, 4.69) is 12.1 Å². The van der Waals surface area contributed by atoms with Crippen LogP contribution in [0.2, 0.25) is 0 Å². The second-order valence-electron chi connectivity index (χ2n) is 5.46. The molecule has 0 saturated heterocycles. The fourth-order valence-electron chi connectivity index (χ4n) is 2.97. The number of benzene rings is 1. The number of aromatic nitrogens is 1. The molecule has 0 atom stereocenters. The third kappa shape index (κ3) is 2.54. The highest BCUT2D eigenvalue weighted by Crippen LogP contribution is 2.27. The number of fused-ring (bicyclic) bond motifs is 1. The quantitative estimate of drug-likeness (QED) is 0.798. The normalized spacial score (nSPS) is 13.8. The van der Waals surface area contributed by atoms with Crippen LogP contribution in [0.4, 0.5) is 0 Å². The van der Waals surface area contributed by atoms with Crippen LogP contribution in [-0.2, 0) is 19.9 Å². The molecule has 3 nitrogen and oxygen atoms in total. The van der Waals surface area contributed by atoms with E-state index in [1.54, 1.807) is 13.1 Å². The Balaban J connectivity index is 2.11. The van der Waals surface area contributed by atoms with Crippen LogP contribution in [-0.4, -0.2) is 9.81 Å². The smallest absolute Gasteiger partial charge is 0.262 e. The van der Waals surface area contributed by atoms with Crippen LogP contribution < -0.4 is 5.56 Å². The topological polar surface area (TPSA) is 39.1 Å². The lowest BCUT2D eigenvalue weighted by Gasteiger charge is -2.17. The van der Waals surface area contributed by atoms with E-state index in [0.717, 1.165) is 24.1 Å². The molecule has 1 aliphatic carbocycles. The van der Waals surface area contributed by atoms with Crippen molar-refractivity contribution in [3.8, 4) is 11.3 Å². The molecule has 0 aliphatic heterocycles. The van der Waals surface area contributed by atoms with Crippen LogP contribution in [0.3, 0.4) is 0 Å². The second-order valence-corrected chi connectivity index (χ2v) is 5.80.